The molecule has 0 fully saturated rings. The molecule has 0 aliphatic rings. The van der Waals surface area contributed by atoms with Crippen molar-refractivity contribution in [2.24, 2.45) is 0 Å². The molecular weight excluding hydrogens is 356 g/mol. The number of nitrogens with one attached hydrogen (secondary N) is 1. The second kappa shape index (κ2) is 7.04. The lowest BCUT2D eigenvalue weighted by atomic mass is 10.1. The molecule has 2 aromatic carbocycles. The van der Waals surface area contributed by atoms with Crippen molar-refractivity contribution in [2.75, 3.05) is 11.1 Å². The minimum Gasteiger partial charge on any atom is -0.325 e. The van der Waals surface area contributed by atoms with Crippen molar-refractivity contribution in [3.8, 4) is 0 Å². The number of amides is 1. The van der Waals surface area contributed by atoms with Gasteiger partial charge in [-0.3, -0.25) is 9.20 Å². The van der Waals surface area contributed by atoms with Crippen LogP contribution in [-0.4, -0.2) is 26.3 Å². The molecule has 0 radical (unpaired) electrons. The third-order valence-corrected chi connectivity index (χ3v) is 5.38. The summed E-state index contributed by atoms with van der Waals surface area (Å²) in [6.07, 6.45) is 0. The fourth-order valence-corrected chi connectivity index (χ4v) is 3.81. The molecule has 136 valence electrons. The lowest BCUT2D eigenvalue weighted by Crippen LogP contribution is -2.14. The molecule has 4 rings (SSSR count). The number of aromatic nitrogens is 3. The zero-order valence-corrected chi connectivity index (χ0v) is 16.3. The summed E-state index contributed by atoms with van der Waals surface area (Å²) in [6.45, 7) is 6.12. The number of nitrogens with zero attached hydrogens (tertiary/aromatic N) is 3. The van der Waals surface area contributed by atoms with Crippen molar-refractivity contribution >= 4 is 39.9 Å². The summed E-state index contributed by atoms with van der Waals surface area (Å²) in [4.78, 5) is 12.3. The molecule has 4 aromatic rings. The molecule has 0 spiro atoms. The van der Waals surface area contributed by atoms with Crippen LogP contribution in [0.15, 0.2) is 53.7 Å². The van der Waals surface area contributed by atoms with Crippen LogP contribution in [0.1, 0.15) is 16.7 Å². The van der Waals surface area contributed by atoms with E-state index in [2.05, 4.69) is 46.7 Å². The maximum Gasteiger partial charge on any atom is 0.234 e. The lowest BCUT2D eigenvalue weighted by Gasteiger charge is -2.08. The van der Waals surface area contributed by atoms with Gasteiger partial charge in [-0.05, 0) is 61.5 Å². The standard InChI is InChI=1S/C21H20N4OS/c1-13-5-8-17(9-6-13)22-19(26)12-27-21-24-23-20-15(3)11-16-7-4-14(2)10-18(16)25(20)21/h4-11H,12H2,1-3H3,(H,22,26). The fourth-order valence-electron chi connectivity index (χ4n) is 3.07. The van der Waals surface area contributed by atoms with E-state index in [1.54, 1.807) is 0 Å². The molecule has 2 aromatic heterocycles. The number of benzene rings is 2. The van der Waals surface area contributed by atoms with Crippen LogP contribution in [0.25, 0.3) is 16.6 Å². The monoisotopic (exact) mass is 376 g/mol. The summed E-state index contributed by atoms with van der Waals surface area (Å²) in [7, 11) is 0. The first-order valence-electron chi connectivity index (χ1n) is 8.76. The average molecular weight is 376 g/mol. The van der Waals surface area contributed by atoms with Crippen molar-refractivity contribution in [3.05, 3.63) is 65.2 Å². The Kier molecular flexibility index (Phi) is 4.58. The first-order chi connectivity index (χ1) is 13.0. The van der Waals surface area contributed by atoms with E-state index in [9.17, 15) is 4.79 Å². The Balaban J connectivity index is 1.60. The zero-order chi connectivity index (χ0) is 19.0. The number of hydrogen-bond acceptors (Lipinski definition) is 4. The van der Waals surface area contributed by atoms with Crippen molar-refractivity contribution in [1.82, 2.24) is 14.6 Å². The molecule has 0 saturated heterocycles. The molecule has 0 aliphatic heterocycles. The van der Waals surface area contributed by atoms with E-state index in [1.807, 2.05) is 42.5 Å². The van der Waals surface area contributed by atoms with Gasteiger partial charge in [0.05, 0.1) is 11.3 Å². The second-order valence-electron chi connectivity index (χ2n) is 6.73. The van der Waals surface area contributed by atoms with Gasteiger partial charge in [-0.2, -0.15) is 0 Å². The van der Waals surface area contributed by atoms with E-state index in [4.69, 9.17) is 0 Å². The Hall–Kier alpha value is -2.86. The van der Waals surface area contributed by atoms with Gasteiger partial charge in [0.1, 0.15) is 0 Å². The molecule has 1 N–H and O–H groups in total. The molecule has 2 heterocycles. The van der Waals surface area contributed by atoms with Crippen molar-refractivity contribution in [1.29, 1.82) is 0 Å². The maximum atomic E-state index is 12.3. The van der Waals surface area contributed by atoms with Crippen LogP contribution in [0.5, 0.6) is 0 Å². The minimum absolute atomic E-state index is 0.0613. The van der Waals surface area contributed by atoms with Gasteiger partial charge in [-0.15, -0.1) is 10.2 Å². The molecule has 0 saturated carbocycles. The van der Waals surface area contributed by atoms with E-state index < -0.39 is 0 Å². The SMILES string of the molecule is Cc1ccc(NC(=O)CSc2nnc3c(C)cc4ccc(C)cc4n23)cc1. The van der Waals surface area contributed by atoms with Gasteiger partial charge in [-0.1, -0.05) is 41.6 Å². The summed E-state index contributed by atoms with van der Waals surface area (Å²) in [5, 5.41) is 13.4. The third kappa shape index (κ3) is 3.53. The number of hydrogen-bond donors (Lipinski definition) is 1. The number of carbonyl (C=O) groups excluding carboxylic acids is 1. The van der Waals surface area contributed by atoms with E-state index >= 15 is 0 Å². The maximum absolute atomic E-state index is 12.3. The summed E-state index contributed by atoms with van der Waals surface area (Å²) in [5.41, 5.74) is 6.09. The van der Waals surface area contributed by atoms with E-state index in [0.717, 1.165) is 38.5 Å². The summed E-state index contributed by atoms with van der Waals surface area (Å²) in [5.74, 6) is 0.212. The van der Waals surface area contributed by atoms with E-state index in [1.165, 1.54) is 17.3 Å². The minimum atomic E-state index is -0.0613. The topological polar surface area (TPSA) is 59.3 Å². The van der Waals surface area contributed by atoms with Crippen LogP contribution >= 0.6 is 11.8 Å². The summed E-state index contributed by atoms with van der Waals surface area (Å²) in [6, 6.07) is 16.2. The Labute approximate surface area is 161 Å². The van der Waals surface area contributed by atoms with Gasteiger partial charge in [0.2, 0.25) is 5.91 Å². The highest BCUT2D eigenvalue weighted by molar-refractivity contribution is 7.99. The number of anilines is 1. The van der Waals surface area contributed by atoms with Gasteiger partial charge in [-0.25, -0.2) is 0 Å². The average Bonchev–Trinajstić information content (AvgIpc) is 3.08. The molecule has 27 heavy (non-hydrogen) atoms. The van der Waals surface area contributed by atoms with E-state index in [-0.39, 0.29) is 11.7 Å². The molecule has 5 nitrogen and oxygen atoms in total. The Morgan fingerprint density at radius 3 is 2.52 bits per heavy atom. The normalized spacial score (nSPS) is 11.2. The van der Waals surface area contributed by atoms with Gasteiger partial charge in [0, 0.05) is 5.69 Å². The van der Waals surface area contributed by atoms with Gasteiger partial charge < -0.3 is 5.32 Å². The van der Waals surface area contributed by atoms with Crippen LogP contribution in [0.4, 0.5) is 5.69 Å². The summed E-state index contributed by atoms with van der Waals surface area (Å²) >= 11 is 1.39. The Morgan fingerprint density at radius 1 is 1.00 bits per heavy atom. The largest absolute Gasteiger partial charge is 0.325 e. The molecule has 0 bridgehead atoms. The second-order valence-corrected chi connectivity index (χ2v) is 7.68. The number of pyridine rings is 1. The van der Waals surface area contributed by atoms with Crippen LogP contribution < -0.4 is 5.32 Å². The number of aryl methyl sites for hydroxylation is 3. The molecule has 1 amide bonds. The van der Waals surface area contributed by atoms with Crippen molar-refractivity contribution < 1.29 is 4.79 Å². The van der Waals surface area contributed by atoms with Gasteiger partial charge in [0.15, 0.2) is 10.8 Å². The molecular formula is C21H20N4OS. The Bertz CT molecular complexity index is 1150. The van der Waals surface area contributed by atoms with Crippen molar-refractivity contribution in [3.63, 3.8) is 0 Å². The van der Waals surface area contributed by atoms with E-state index in [0.29, 0.717) is 0 Å². The van der Waals surface area contributed by atoms with Crippen LogP contribution in [0, 0.1) is 20.8 Å². The zero-order valence-electron chi connectivity index (χ0n) is 15.5. The third-order valence-electron chi connectivity index (χ3n) is 4.45. The number of fused-ring (bicyclic) bond motifs is 3. The first-order valence-corrected chi connectivity index (χ1v) is 9.74. The fraction of sp³-hybridized carbons (Fsp3) is 0.190. The van der Waals surface area contributed by atoms with Crippen LogP contribution in [-0.2, 0) is 4.79 Å². The number of carbonyl (C=O) groups is 1. The molecule has 0 atom stereocenters. The molecule has 6 heteroatoms. The van der Waals surface area contributed by atoms with Gasteiger partial charge in [0.25, 0.3) is 0 Å². The van der Waals surface area contributed by atoms with Crippen LogP contribution in [0.3, 0.4) is 0 Å². The Morgan fingerprint density at radius 2 is 1.74 bits per heavy atom. The highest BCUT2D eigenvalue weighted by Crippen LogP contribution is 2.26. The number of rotatable bonds is 4. The van der Waals surface area contributed by atoms with Crippen LogP contribution in [0.2, 0.25) is 0 Å². The number of thioether (sulfide) groups is 1. The highest BCUT2D eigenvalue weighted by Gasteiger charge is 2.14. The lowest BCUT2D eigenvalue weighted by molar-refractivity contribution is -0.113. The molecule has 0 unspecified atom stereocenters. The predicted octanol–water partition coefficient (Wildman–Crippen LogP) is 4.54. The summed E-state index contributed by atoms with van der Waals surface area (Å²) < 4.78 is 2.04. The van der Waals surface area contributed by atoms with Gasteiger partial charge >= 0.3 is 0 Å². The first kappa shape index (κ1) is 17.5. The smallest absolute Gasteiger partial charge is 0.234 e. The predicted molar refractivity (Wildman–Crippen MR) is 110 cm³/mol. The highest BCUT2D eigenvalue weighted by atomic mass is 32.2. The van der Waals surface area contributed by atoms with Crippen molar-refractivity contribution in [2.45, 2.75) is 25.9 Å². The molecule has 0 aliphatic carbocycles. The quantitative estimate of drug-likeness (QED) is 0.531.